The first-order valence-electron chi connectivity index (χ1n) is 6.78. The molecule has 0 saturated heterocycles. The molecule has 0 unspecified atom stereocenters. The predicted molar refractivity (Wildman–Crippen MR) is 76.9 cm³/mol. The van der Waals surface area contributed by atoms with E-state index in [2.05, 4.69) is 29.3 Å². The highest BCUT2D eigenvalue weighted by Crippen LogP contribution is 2.12. The van der Waals surface area contributed by atoms with Gasteiger partial charge in [-0.15, -0.1) is 11.3 Å². The molecule has 0 amide bonds. The van der Waals surface area contributed by atoms with Crippen molar-refractivity contribution in [2.75, 3.05) is 26.3 Å². The monoisotopic (exact) mass is 271 g/mol. The molecule has 0 spiro atoms. The number of rotatable bonds is 10. The Morgan fingerprint density at radius 1 is 1.22 bits per heavy atom. The maximum absolute atomic E-state index is 5.57. The van der Waals surface area contributed by atoms with Crippen LogP contribution in [0.25, 0.3) is 0 Å². The highest BCUT2D eigenvalue weighted by atomic mass is 32.1. The second kappa shape index (κ2) is 9.50. The lowest BCUT2D eigenvalue weighted by Crippen LogP contribution is -2.28. The molecule has 1 heterocycles. The molecule has 0 aliphatic heterocycles. The summed E-state index contributed by atoms with van der Waals surface area (Å²) in [5.41, 5.74) is 0. The van der Waals surface area contributed by atoms with Gasteiger partial charge >= 0.3 is 0 Å². The lowest BCUT2D eigenvalue weighted by molar-refractivity contribution is -0.141. The Balaban J connectivity index is 2.32. The Bertz CT molecular complexity index is 284. The van der Waals surface area contributed by atoms with Crippen molar-refractivity contribution >= 4 is 11.3 Å². The van der Waals surface area contributed by atoms with E-state index >= 15 is 0 Å². The normalized spacial score (nSPS) is 11.6. The van der Waals surface area contributed by atoms with Crippen LogP contribution in [-0.4, -0.2) is 37.5 Å². The van der Waals surface area contributed by atoms with Gasteiger partial charge in [0.25, 0.3) is 0 Å². The van der Waals surface area contributed by atoms with E-state index in [0.717, 1.165) is 26.1 Å². The lowest BCUT2D eigenvalue weighted by Gasteiger charge is -2.23. The van der Waals surface area contributed by atoms with Crippen molar-refractivity contribution in [3.8, 4) is 0 Å². The molecule has 1 aromatic rings. The van der Waals surface area contributed by atoms with Crippen LogP contribution in [0.4, 0.5) is 0 Å². The summed E-state index contributed by atoms with van der Waals surface area (Å²) in [6.45, 7) is 10.7. The van der Waals surface area contributed by atoms with Crippen LogP contribution in [0.1, 0.15) is 32.1 Å². The highest BCUT2D eigenvalue weighted by molar-refractivity contribution is 7.09. The zero-order chi connectivity index (χ0) is 13.2. The molecule has 0 atom stereocenters. The molecule has 0 aliphatic carbocycles. The van der Waals surface area contributed by atoms with Crippen LogP contribution < -0.4 is 0 Å². The van der Waals surface area contributed by atoms with Crippen molar-refractivity contribution in [1.29, 1.82) is 0 Å². The Labute approximate surface area is 115 Å². The second-order valence-electron chi connectivity index (χ2n) is 4.08. The summed E-state index contributed by atoms with van der Waals surface area (Å²) >= 11 is 1.82. The summed E-state index contributed by atoms with van der Waals surface area (Å²) in [6, 6.07) is 4.30. The minimum Gasteiger partial charge on any atom is -0.353 e. The molecule has 18 heavy (non-hydrogen) atoms. The van der Waals surface area contributed by atoms with E-state index in [4.69, 9.17) is 9.47 Å². The Kier molecular flexibility index (Phi) is 8.25. The third-order valence-corrected chi connectivity index (χ3v) is 3.65. The number of hydrogen-bond donors (Lipinski definition) is 0. The first-order chi connectivity index (χ1) is 8.80. The first kappa shape index (κ1) is 15.6. The molecule has 1 aromatic heterocycles. The van der Waals surface area contributed by atoms with Crippen molar-refractivity contribution in [1.82, 2.24) is 4.90 Å². The summed E-state index contributed by atoms with van der Waals surface area (Å²) in [6.07, 6.45) is 0.873. The molecule has 1 rings (SSSR count). The minimum atomic E-state index is -0.0580. The number of hydrogen-bond acceptors (Lipinski definition) is 4. The van der Waals surface area contributed by atoms with Crippen LogP contribution in [0.15, 0.2) is 17.5 Å². The molecule has 0 saturated carbocycles. The zero-order valence-corrected chi connectivity index (χ0v) is 12.5. The van der Waals surface area contributed by atoms with Crippen LogP contribution in [0.5, 0.6) is 0 Å². The molecule has 0 bridgehead atoms. The van der Waals surface area contributed by atoms with Gasteiger partial charge in [-0.2, -0.15) is 0 Å². The van der Waals surface area contributed by atoms with Crippen LogP contribution >= 0.6 is 11.3 Å². The minimum absolute atomic E-state index is 0.0580. The Hall–Kier alpha value is -0.420. The second-order valence-corrected chi connectivity index (χ2v) is 5.11. The largest absolute Gasteiger partial charge is 0.353 e. The summed E-state index contributed by atoms with van der Waals surface area (Å²) < 4.78 is 11.1. The van der Waals surface area contributed by atoms with Gasteiger partial charge in [0.1, 0.15) is 0 Å². The van der Waals surface area contributed by atoms with Crippen molar-refractivity contribution < 1.29 is 9.47 Å². The van der Waals surface area contributed by atoms with Crippen LogP contribution in [0.3, 0.4) is 0 Å². The molecular weight excluding hydrogens is 246 g/mol. The highest BCUT2D eigenvalue weighted by Gasteiger charge is 2.11. The molecule has 3 nitrogen and oxygen atoms in total. The van der Waals surface area contributed by atoms with Gasteiger partial charge in [-0.05, 0) is 31.8 Å². The van der Waals surface area contributed by atoms with Gasteiger partial charge in [-0.3, -0.25) is 4.90 Å². The first-order valence-corrected chi connectivity index (χ1v) is 7.66. The summed E-state index contributed by atoms with van der Waals surface area (Å²) in [5.74, 6) is 0. The van der Waals surface area contributed by atoms with Gasteiger partial charge in [0.05, 0.1) is 0 Å². The van der Waals surface area contributed by atoms with Crippen LogP contribution in [0, 0.1) is 0 Å². The fraction of sp³-hybridized carbons (Fsp3) is 0.714. The Morgan fingerprint density at radius 3 is 2.44 bits per heavy atom. The smallest absolute Gasteiger partial charge is 0.158 e. The van der Waals surface area contributed by atoms with Gasteiger partial charge in [0.2, 0.25) is 0 Å². The van der Waals surface area contributed by atoms with E-state index in [1.54, 1.807) is 0 Å². The molecule has 104 valence electrons. The van der Waals surface area contributed by atoms with Crippen molar-refractivity contribution in [2.45, 2.75) is 40.0 Å². The SMILES string of the molecule is CCOC(CCN(CC)Cc1cccs1)OCC. The van der Waals surface area contributed by atoms with Gasteiger partial charge in [0, 0.05) is 37.6 Å². The summed E-state index contributed by atoms with van der Waals surface area (Å²) in [7, 11) is 0. The molecular formula is C14H25NO2S. The van der Waals surface area contributed by atoms with E-state index in [1.807, 2.05) is 25.2 Å². The third-order valence-electron chi connectivity index (χ3n) is 2.79. The van der Waals surface area contributed by atoms with E-state index < -0.39 is 0 Å². The predicted octanol–water partition coefficient (Wildman–Crippen LogP) is 3.36. The number of ether oxygens (including phenoxy) is 2. The van der Waals surface area contributed by atoms with Crippen molar-refractivity contribution in [3.63, 3.8) is 0 Å². The van der Waals surface area contributed by atoms with Gasteiger partial charge in [0.15, 0.2) is 6.29 Å². The Morgan fingerprint density at radius 2 is 1.94 bits per heavy atom. The van der Waals surface area contributed by atoms with E-state index in [1.165, 1.54) is 4.88 Å². The number of thiophene rings is 1. The zero-order valence-electron chi connectivity index (χ0n) is 11.7. The molecule has 4 heteroatoms. The lowest BCUT2D eigenvalue weighted by atomic mass is 10.3. The molecule has 0 N–H and O–H groups in total. The molecule has 0 aliphatic rings. The average molecular weight is 271 g/mol. The molecule has 0 radical (unpaired) electrons. The standard InChI is InChI=1S/C14H25NO2S/c1-4-15(12-13-8-7-11-18-13)10-9-14(16-5-2)17-6-3/h7-8,11,14H,4-6,9-10,12H2,1-3H3. The van der Waals surface area contributed by atoms with Gasteiger partial charge in [-0.25, -0.2) is 0 Å². The summed E-state index contributed by atoms with van der Waals surface area (Å²) in [5, 5.41) is 2.13. The van der Waals surface area contributed by atoms with Crippen LogP contribution in [-0.2, 0) is 16.0 Å². The van der Waals surface area contributed by atoms with E-state index in [-0.39, 0.29) is 6.29 Å². The number of nitrogens with zero attached hydrogens (tertiary/aromatic N) is 1. The fourth-order valence-electron chi connectivity index (χ4n) is 1.85. The molecule has 0 fully saturated rings. The fourth-order valence-corrected chi connectivity index (χ4v) is 2.59. The van der Waals surface area contributed by atoms with Gasteiger partial charge in [-0.1, -0.05) is 13.0 Å². The van der Waals surface area contributed by atoms with E-state index in [9.17, 15) is 0 Å². The van der Waals surface area contributed by atoms with Crippen molar-refractivity contribution in [3.05, 3.63) is 22.4 Å². The van der Waals surface area contributed by atoms with Crippen LogP contribution in [0.2, 0.25) is 0 Å². The van der Waals surface area contributed by atoms with E-state index in [0.29, 0.717) is 13.2 Å². The quantitative estimate of drug-likeness (QED) is 0.609. The average Bonchev–Trinajstić information content (AvgIpc) is 2.87. The van der Waals surface area contributed by atoms with Crippen molar-refractivity contribution in [2.24, 2.45) is 0 Å². The summed E-state index contributed by atoms with van der Waals surface area (Å²) in [4.78, 5) is 3.85. The maximum Gasteiger partial charge on any atom is 0.158 e. The molecule has 0 aromatic carbocycles. The topological polar surface area (TPSA) is 21.7 Å². The third kappa shape index (κ3) is 5.96. The van der Waals surface area contributed by atoms with Gasteiger partial charge < -0.3 is 9.47 Å². The maximum atomic E-state index is 5.57.